The monoisotopic (exact) mass is 549 g/mol. The van der Waals surface area contributed by atoms with E-state index in [2.05, 4.69) is 10.0 Å². The number of hydrogen-bond acceptors (Lipinski definition) is 5. The molecule has 0 bridgehead atoms. The Hall–Kier alpha value is -3.08. The van der Waals surface area contributed by atoms with Gasteiger partial charge in [0.15, 0.2) is 0 Å². The summed E-state index contributed by atoms with van der Waals surface area (Å²) < 4.78 is 54.2. The first-order valence-corrected chi connectivity index (χ1v) is 14.7. The lowest BCUT2D eigenvalue weighted by molar-refractivity contribution is -0.116. The molecule has 8 nitrogen and oxygen atoms in total. The highest BCUT2D eigenvalue weighted by molar-refractivity contribution is 7.92. The molecule has 3 rings (SSSR count). The predicted octanol–water partition coefficient (Wildman–Crippen LogP) is 4.86. The molecule has 0 saturated carbocycles. The van der Waals surface area contributed by atoms with E-state index in [1.165, 1.54) is 37.3 Å². The highest BCUT2D eigenvalue weighted by Gasteiger charge is 2.30. The summed E-state index contributed by atoms with van der Waals surface area (Å²) in [7, 11) is -7.67. The molecule has 0 aliphatic heterocycles. The van der Waals surface area contributed by atoms with Crippen molar-refractivity contribution in [1.82, 2.24) is 0 Å². The Kier molecular flexibility index (Phi) is 8.02. The van der Waals surface area contributed by atoms with Crippen LogP contribution in [0, 0.1) is 20.8 Å². The molecule has 2 N–H and O–H groups in total. The maximum absolute atomic E-state index is 13.0. The van der Waals surface area contributed by atoms with Gasteiger partial charge >= 0.3 is 0 Å². The molecular weight excluding hydrogens is 522 g/mol. The number of hydrogen-bond donors (Lipinski definition) is 2. The van der Waals surface area contributed by atoms with Gasteiger partial charge in [-0.2, -0.15) is 0 Å². The van der Waals surface area contributed by atoms with Gasteiger partial charge in [-0.1, -0.05) is 29.8 Å². The van der Waals surface area contributed by atoms with E-state index in [1.54, 1.807) is 31.2 Å². The van der Waals surface area contributed by atoms with Gasteiger partial charge in [0.2, 0.25) is 15.9 Å². The third-order valence-corrected chi connectivity index (χ3v) is 8.58. The van der Waals surface area contributed by atoms with Crippen LogP contribution in [0.25, 0.3) is 0 Å². The summed E-state index contributed by atoms with van der Waals surface area (Å²) in [6.07, 6.45) is 1.05. The predicted molar refractivity (Wildman–Crippen MR) is 145 cm³/mol. The summed E-state index contributed by atoms with van der Waals surface area (Å²) in [5.74, 6) is -0.565. The van der Waals surface area contributed by atoms with Crippen molar-refractivity contribution in [2.75, 3.05) is 20.6 Å². The molecule has 3 aromatic carbocycles. The number of carbonyl (C=O) groups excluding carboxylic acids is 1. The standard InChI is InChI=1S/C25H28ClN3O5S2/c1-16-6-7-18(3)24(14-16)29(35(5,31)32)19(4)25(30)27-20-10-12-22(13-11-20)36(33,34)28-21-9-8-17(2)23(26)15-21/h6-15,19,28H,1-5H3,(H,27,30)/t19-/m1/s1. The minimum Gasteiger partial charge on any atom is -0.324 e. The van der Waals surface area contributed by atoms with Gasteiger partial charge in [0.1, 0.15) is 6.04 Å². The molecule has 0 aliphatic rings. The van der Waals surface area contributed by atoms with Crippen LogP contribution in [-0.2, 0) is 24.8 Å². The Morgan fingerprint density at radius 3 is 2.03 bits per heavy atom. The number of carbonyl (C=O) groups is 1. The van der Waals surface area contributed by atoms with Crippen molar-refractivity contribution < 1.29 is 21.6 Å². The van der Waals surface area contributed by atoms with E-state index < -0.39 is 32.0 Å². The van der Waals surface area contributed by atoms with Crippen LogP contribution in [0.5, 0.6) is 0 Å². The molecule has 36 heavy (non-hydrogen) atoms. The van der Waals surface area contributed by atoms with Gasteiger partial charge in [-0.25, -0.2) is 16.8 Å². The fourth-order valence-electron chi connectivity index (χ4n) is 3.57. The van der Waals surface area contributed by atoms with E-state index in [-0.39, 0.29) is 4.90 Å². The number of nitrogens with one attached hydrogen (secondary N) is 2. The van der Waals surface area contributed by atoms with Crippen LogP contribution in [0.1, 0.15) is 23.6 Å². The number of anilines is 3. The molecule has 0 heterocycles. The van der Waals surface area contributed by atoms with Crippen LogP contribution in [0.2, 0.25) is 5.02 Å². The van der Waals surface area contributed by atoms with Crippen LogP contribution < -0.4 is 14.3 Å². The van der Waals surface area contributed by atoms with E-state index in [0.717, 1.165) is 21.7 Å². The number of rotatable bonds is 8. The fraction of sp³-hybridized carbons (Fsp3) is 0.240. The largest absolute Gasteiger partial charge is 0.324 e. The highest BCUT2D eigenvalue weighted by atomic mass is 35.5. The molecule has 1 atom stereocenters. The number of benzene rings is 3. The summed E-state index contributed by atoms with van der Waals surface area (Å²) in [5.41, 5.74) is 3.45. The maximum Gasteiger partial charge on any atom is 0.261 e. The topological polar surface area (TPSA) is 113 Å². The smallest absolute Gasteiger partial charge is 0.261 e. The second-order valence-electron chi connectivity index (χ2n) is 8.61. The molecule has 0 saturated heterocycles. The van der Waals surface area contributed by atoms with E-state index in [1.807, 2.05) is 19.9 Å². The van der Waals surface area contributed by atoms with Crippen LogP contribution in [0.4, 0.5) is 17.1 Å². The minimum atomic E-state index is -3.89. The second-order valence-corrected chi connectivity index (χ2v) is 12.6. The molecule has 11 heteroatoms. The van der Waals surface area contributed by atoms with Gasteiger partial charge in [0.05, 0.1) is 22.5 Å². The molecule has 0 aliphatic carbocycles. The van der Waals surface area contributed by atoms with Gasteiger partial charge in [0, 0.05) is 10.7 Å². The molecular formula is C25H28ClN3O5S2. The molecule has 3 aromatic rings. The van der Waals surface area contributed by atoms with Gasteiger partial charge < -0.3 is 5.32 Å². The zero-order chi connectivity index (χ0) is 26.8. The van der Waals surface area contributed by atoms with Crippen LogP contribution in [0.15, 0.2) is 65.6 Å². The first-order chi connectivity index (χ1) is 16.7. The van der Waals surface area contributed by atoms with E-state index in [9.17, 15) is 21.6 Å². The minimum absolute atomic E-state index is 0.0154. The van der Waals surface area contributed by atoms with E-state index in [0.29, 0.717) is 27.6 Å². The van der Waals surface area contributed by atoms with Crippen molar-refractivity contribution in [1.29, 1.82) is 0 Å². The van der Waals surface area contributed by atoms with Crippen molar-refractivity contribution in [3.05, 3.63) is 82.4 Å². The Morgan fingerprint density at radius 2 is 1.44 bits per heavy atom. The average Bonchev–Trinajstić information content (AvgIpc) is 2.78. The Morgan fingerprint density at radius 1 is 0.861 bits per heavy atom. The second kappa shape index (κ2) is 10.5. The molecule has 0 radical (unpaired) electrons. The summed E-state index contributed by atoms with van der Waals surface area (Å²) in [6, 6.07) is 14.7. The average molecular weight is 550 g/mol. The molecule has 0 spiro atoms. The first kappa shape index (κ1) is 27.5. The van der Waals surface area contributed by atoms with E-state index >= 15 is 0 Å². The van der Waals surface area contributed by atoms with Crippen LogP contribution in [0.3, 0.4) is 0 Å². The normalized spacial score (nSPS) is 12.6. The quantitative estimate of drug-likeness (QED) is 0.416. The van der Waals surface area contributed by atoms with Gasteiger partial charge in [-0.15, -0.1) is 0 Å². The van der Waals surface area contributed by atoms with E-state index in [4.69, 9.17) is 11.6 Å². The summed E-state index contributed by atoms with van der Waals surface area (Å²) >= 11 is 6.07. The van der Waals surface area contributed by atoms with Crippen molar-refractivity contribution in [3.8, 4) is 0 Å². The van der Waals surface area contributed by atoms with Crippen molar-refractivity contribution in [3.63, 3.8) is 0 Å². The number of nitrogens with zero attached hydrogens (tertiary/aromatic N) is 1. The van der Waals surface area contributed by atoms with Gasteiger partial charge in [-0.05, 0) is 86.8 Å². The lowest BCUT2D eigenvalue weighted by Crippen LogP contribution is -2.45. The maximum atomic E-state index is 13.0. The van der Waals surface area contributed by atoms with Crippen molar-refractivity contribution in [2.45, 2.75) is 38.6 Å². The number of aryl methyl sites for hydroxylation is 3. The number of sulfonamides is 2. The Labute approximate surface area is 217 Å². The van der Waals surface area contributed by atoms with Crippen LogP contribution >= 0.6 is 11.6 Å². The third-order valence-electron chi connectivity index (χ3n) is 5.55. The number of amides is 1. The summed E-state index contributed by atoms with van der Waals surface area (Å²) in [6.45, 7) is 6.92. The molecule has 1 amide bonds. The lowest BCUT2D eigenvalue weighted by atomic mass is 10.1. The zero-order valence-electron chi connectivity index (χ0n) is 20.5. The molecule has 0 fully saturated rings. The third kappa shape index (κ3) is 6.37. The highest BCUT2D eigenvalue weighted by Crippen LogP contribution is 2.27. The Bertz CT molecular complexity index is 1510. The van der Waals surface area contributed by atoms with Crippen molar-refractivity contribution >= 4 is 54.6 Å². The fourth-order valence-corrected chi connectivity index (χ4v) is 6.03. The van der Waals surface area contributed by atoms with Crippen LogP contribution in [-0.4, -0.2) is 35.0 Å². The van der Waals surface area contributed by atoms with Gasteiger partial charge in [0.25, 0.3) is 10.0 Å². The number of halogens is 1. The SMILES string of the molecule is Cc1ccc(C)c(N([C@H](C)C(=O)Nc2ccc(S(=O)(=O)Nc3ccc(C)c(Cl)c3)cc2)S(C)(=O)=O)c1. The molecule has 192 valence electrons. The Balaban J connectivity index is 1.79. The summed E-state index contributed by atoms with van der Waals surface area (Å²) in [5, 5.41) is 3.10. The van der Waals surface area contributed by atoms with Crippen molar-refractivity contribution in [2.24, 2.45) is 0 Å². The zero-order valence-corrected chi connectivity index (χ0v) is 22.9. The molecule has 0 aromatic heterocycles. The lowest BCUT2D eigenvalue weighted by Gasteiger charge is -2.29. The summed E-state index contributed by atoms with van der Waals surface area (Å²) in [4.78, 5) is 13.0. The molecule has 0 unspecified atom stereocenters. The first-order valence-electron chi connectivity index (χ1n) is 11.0. The van der Waals surface area contributed by atoms with Gasteiger partial charge in [-0.3, -0.25) is 13.8 Å².